The van der Waals surface area contributed by atoms with Gasteiger partial charge in [0.1, 0.15) is 5.75 Å². The minimum absolute atomic E-state index is 0.0922. The predicted molar refractivity (Wildman–Crippen MR) is 82.7 cm³/mol. The van der Waals surface area contributed by atoms with Gasteiger partial charge in [0.2, 0.25) is 0 Å². The molecular formula is C17H22F3NO3. The van der Waals surface area contributed by atoms with Crippen molar-refractivity contribution in [1.29, 1.82) is 0 Å². The number of carboxylic acid groups (broad SMARTS) is 1. The van der Waals surface area contributed by atoms with Crippen molar-refractivity contribution < 1.29 is 27.8 Å². The molecule has 0 amide bonds. The van der Waals surface area contributed by atoms with E-state index in [4.69, 9.17) is 9.84 Å². The third kappa shape index (κ3) is 4.87. The van der Waals surface area contributed by atoms with Crippen LogP contribution in [0.5, 0.6) is 5.75 Å². The number of hydrogen-bond acceptors (Lipinski definition) is 3. The monoisotopic (exact) mass is 345 g/mol. The van der Waals surface area contributed by atoms with Crippen LogP contribution in [0.4, 0.5) is 13.2 Å². The Balaban J connectivity index is 1.97. The molecule has 1 aliphatic heterocycles. The molecule has 0 bridgehead atoms. The van der Waals surface area contributed by atoms with Crippen molar-refractivity contribution >= 4 is 5.97 Å². The van der Waals surface area contributed by atoms with Gasteiger partial charge in [0.25, 0.3) is 0 Å². The van der Waals surface area contributed by atoms with Gasteiger partial charge in [-0.2, -0.15) is 13.2 Å². The Morgan fingerprint density at radius 2 is 1.92 bits per heavy atom. The van der Waals surface area contributed by atoms with Gasteiger partial charge in [-0.05, 0) is 23.6 Å². The van der Waals surface area contributed by atoms with E-state index in [9.17, 15) is 18.0 Å². The average molecular weight is 345 g/mol. The molecule has 1 aromatic carbocycles. The molecule has 1 aliphatic rings. The lowest BCUT2D eigenvalue weighted by molar-refractivity contribution is -0.188. The lowest BCUT2D eigenvalue weighted by atomic mass is 9.96. The first-order valence-corrected chi connectivity index (χ1v) is 7.90. The molecule has 1 fully saturated rings. The van der Waals surface area contributed by atoms with Gasteiger partial charge in [-0.3, -0.25) is 9.69 Å². The highest BCUT2D eigenvalue weighted by Crippen LogP contribution is 2.38. The van der Waals surface area contributed by atoms with Crippen molar-refractivity contribution in [2.45, 2.75) is 26.6 Å². The van der Waals surface area contributed by atoms with Crippen molar-refractivity contribution in [2.75, 3.05) is 19.7 Å². The minimum atomic E-state index is -4.49. The van der Waals surface area contributed by atoms with E-state index in [-0.39, 0.29) is 13.1 Å². The number of rotatable bonds is 6. The SMILES string of the molecule is CC(C)COc1ccc(CN2C[C@@H](C(F)(F)F)[C@H](C(=O)O)C2)cc1. The van der Waals surface area contributed by atoms with Gasteiger partial charge in [0.05, 0.1) is 18.4 Å². The fourth-order valence-corrected chi connectivity index (χ4v) is 2.81. The van der Waals surface area contributed by atoms with Crippen LogP contribution in [0.1, 0.15) is 19.4 Å². The normalized spacial score (nSPS) is 22.1. The molecule has 0 radical (unpaired) electrons. The molecule has 1 saturated heterocycles. The van der Waals surface area contributed by atoms with E-state index in [1.54, 1.807) is 29.2 Å². The molecule has 0 aliphatic carbocycles. The van der Waals surface area contributed by atoms with E-state index < -0.39 is 24.0 Å². The van der Waals surface area contributed by atoms with Crippen molar-refractivity contribution in [1.82, 2.24) is 4.90 Å². The molecule has 0 unspecified atom stereocenters. The zero-order valence-corrected chi connectivity index (χ0v) is 13.7. The Morgan fingerprint density at radius 1 is 1.29 bits per heavy atom. The van der Waals surface area contributed by atoms with Crippen LogP contribution in [-0.4, -0.2) is 41.8 Å². The lowest BCUT2D eigenvalue weighted by Crippen LogP contribution is -2.33. The second-order valence-electron chi connectivity index (χ2n) is 6.64. The average Bonchev–Trinajstić information content (AvgIpc) is 2.91. The Bertz CT molecular complexity index is 557. The number of halogens is 3. The minimum Gasteiger partial charge on any atom is -0.493 e. The highest BCUT2D eigenvalue weighted by molar-refractivity contribution is 5.71. The van der Waals surface area contributed by atoms with Gasteiger partial charge in [-0.15, -0.1) is 0 Å². The topological polar surface area (TPSA) is 49.8 Å². The molecule has 7 heteroatoms. The van der Waals surface area contributed by atoms with Gasteiger partial charge >= 0.3 is 12.1 Å². The molecule has 2 rings (SSSR count). The molecular weight excluding hydrogens is 323 g/mol. The molecule has 1 heterocycles. The third-order valence-corrected chi connectivity index (χ3v) is 4.05. The number of likely N-dealkylation sites (tertiary alicyclic amines) is 1. The van der Waals surface area contributed by atoms with Crippen LogP contribution in [0.25, 0.3) is 0 Å². The zero-order valence-electron chi connectivity index (χ0n) is 13.7. The first-order valence-electron chi connectivity index (χ1n) is 7.90. The first kappa shape index (κ1) is 18.6. The summed E-state index contributed by atoms with van der Waals surface area (Å²) in [6.07, 6.45) is -4.49. The third-order valence-electron chi connectivity index (χ3n) is 4.05. The summed E-state index contributed by atoms with van der Waals surface area (Å²) in [6, 6.07) is 7.16. The molecule has 1 aromatic rings. The number of carbonyl (C=O) groups is 1. The maximum atomic E-state index is 13.0. The first-order chi connectivity index (χ1) is 11.2. The Labute approximate surface area is 139 Å². The van der Waals surface area contributed by atoms with Gasteiger partial charge < -0.3 is 9.84 Å². The Hall–Kier alpha value is -1.76. The van der Waals surface area contributed by atoms with Crippen molar-refractivity contribution in [2.24, 2.45) is 17.8 Å². The molecule has 1 N–H and O–H groups in total. The van der Waals surface area contributed by atoms with Crippen molar-refractivity contribution in [3.63, 3.8) is 0 Å². The number of nitrogens with zero attached hydrogens (tertiary/aromatic N) is 1. The smallest absolute Gasteiger partial charge is 0.393 e. The molecule has 2 atom stereocenters. The van der Waals surface area contributed by atoms with Crippen LogP contribution < -0.4 is 4.74 Å². The Morgan fingerprint density at radius 3 is 2.38 bits per heavy atom. The molecule has 4 nitrogen and oxygen atoms in total. The number of carboxylic acids is 1. The van der Waals surface area contributed by atoms with Crippen LogP contribution >= 0.6 is 0 Å². The van der Waals surface area contributed by atoms with E-state index in [0.717, 1.165) is 5.56 Å². The summed E-state index contributed by atoms with van der Waals surface area (Å²) >= 11 is 0. The maximum absolute atomic E-state index is 13.0. The van der Waals surface area contributed by atoms with E-state index in [0.29, 0.717) is 24.8 Å². The van der Waals surface area contributed by atoms with Crippen LogP contribution in [0.15, 0.2) is 24.3 Å². The summed E-state index contributed by atoms with van der Waals surface area (Å²) in [5, 5.41) is 9.03. The molecule has 0 saturated carbocycles. The van der Waals surface area contributed by atoms with E-state index in [1.165, 1.54) is 0 Å². The van der Waals surface area contributed by atoms with Crippen LogP contribution in [0, 0.1) is 17.8 Å². The molecule has 0 aromatic heterocycles. The van der Waals surface area contributed by atoms with Gasteiger partial charge in [-0.25, -0.2) is 0 Å². The zero-order chi connectivity index (χ0) is 17.9. The van der Waals surface area contributed by atoms with Gasteiger partial charge in [0.15, 0.2) is 0 Å². The highest BCUT2D eigenvalue weighted by Gasteiger charge is 2.52. The molecule has 24 heavy (non-hydrogen) atoms. The summed E-state index contributed by atoms with van der Waals surface area (Å²) in [5.74, 6) is -3.49. The number of benzene rings is 1. The Kier molecular flexibility index (Phi) is 5.74. The number of alkyl halides is 3. The maximum Gasteiger partial charge on any atom is 0.393 e. The van der Waals surface area contributed by atoms with E-state index >= 15 is 0 Å². The standard InChI is InChI=1S/C17H22F3NO3/c1-11(2)10-24-13-5-3-12(4-6-13)7-21-8-14(16(22)23)15(9-21)17(18,19)20/h3-6,11,14-15H,7-10H2,1-2H3,(H,22,23)/t14-,15-/m1/s1. The second-order valence-corrected chi connectivity index (χ2v) is 6.64. The van der Waals surface area contributed by atoms with Gasteiger partial charge in [0, 0.05) is 19.6 Å². The fraction of sp³-hybridized carbons (Fsp3) is 0.588. The summed E-state index contributed by atoms with van der Waals surface area (Å²) in [5.41, 5.74) is 0.832. The summed E-state index contributed by atoms with van der Waals surface area (Å²) in [4.78, 5) is 12.6. The summed E-state index contributed by atoms with van der Waals surface area (Å²) in [7, 11) is 0. The van der Waals surface area contributed by atoms with Crippen LogP contribution in [-0.2, 0) is 11.3 Å². The number of hydrogen-bond donors (Lipinski definition) is 1. The number of aliphatic carboxylic acids is 1. The molecule has 0 spiro atoms. The molecule has 134 valence electrons. The van der Waals surface area contributed by atoms with Crippen molar-refractivity contribution in [3.8, 4) is 5.75 Å². The number of ether oxygens (including phenoxy) is 1. The largest absolute Gasteiger partial charge is 0.493 e. The van der Waals surface area contributed by atoms with Crippen molar-refractivity contribution in [3.05, 3.63) is 29.8 Å². The summed E-state index contributed by atoms with van der Waals surface area (Å²) in [6.45, 7) is 4.59. The quantitative estimate of drug-likeness (QED) is 0.858. The second kappa shape index (κ2) is 7.42. The van der Waals surface area contributed by atoms with Gasteiger partial charge in [-0.1, -0.05) is 26.0 Å². The van der Waals surface area contributed by atoms with Crippen LogP contribution in [0.3, 0.4) is 0 Å². The van der Waals surface area contributed by atoms with E-state index in [2.05, 4.69) is 0 Å². The summed E-state index contributed by atoms with van der Waals surface area (Å²) < 4.78 is 44.5. The lowest BCUT2D eigenvalue weighted by Gasteiger charge is -2.18. The predicted octanol–water partition coefficient (Wildman–Crippen LogP) is 3.42. The fourth-order valence-electron chi connectivity index (χ4n) is 2.81. The highest BCUT2D eigenvalue weighted by atomic mass is 19.4. The van der Waals surface area contributed by atoms with E-state index in [1.807, 2.05) is 13.8 Å². The van der Waals surface area contributed by atoms with Crippen LogP contribution in [0.2, 0.25) is 0 Å².